The van der Waals surface area contributed by atoms with Crippen molar-refractivity contribution in [2.24, 2.45) is 4.36 Å². The zero-order valence-electron chi connectivity index (χ0n) is 16.2. The highest BCUT2D eigenvalue weighted by molar-refractivity contribution is 7.94. The molecule has 2 amide bonds. The molecule has 0 N–H and O–H groups in total. The second-order valence-electron chi connectivity index (χ2n) is 7.05. The monoisotopic (exact) mass is 390 g/mol. The summed E-state index contributed by atoms with van der Waals surface area (Å²) in [5.41, 5.74) is 0. The average molecular weight is 391 g/mol. The Hall–Kier alpha value is -2.35. The minimum absolute atomic E-state index is 0.0574. The molecule has 146 valence electrons. The first kappa shape index (κ1) is 19.4. The molecule has 0 unspecified atom stereocenters. The van der Waals surface area contributed by atoms with Crippen LogP contribution in [0.2, 0.25) is 0 Å². The number of aromatic nitrogens is 2. The lowest BCUT2D eigenvalue weighted by Gasteiger charge is -2.29. The van der Waals surface area contributed by atoms with E-state index < -0.39 is 15.8 Å². The molecule has 2 heterocycles. The summed E-state index contributed by atoms with van der Waals surface area (Å²) in [5, 5.41) is 4.30. The molecule has 1 aromatic heterocycles. The van der Waals surface area contributed by atoms with Gasteiger partial charge in [-0.2, -0.15) is 5.10 Å². The summed E-state index contributed by atoms with van der Waals surface area (Å²) >= 11 is 0. The molecule has 1 aromatic carbocycles. The topological polar surface area (TPSA) is 76.8 Å². The van der Waals surface area contributed by atoms with Crippen LogP contribution in [0.15, 0.2) is 50.7 Å². The summed E-state index contributed by atoms with van der Waals surface area (Å²) in [6.07, 6.45) is 2.35. The normalized spacial score (nSPS) is 15.8. The molecule has 0 spiro atoms. The van der Waals surface area contributed by atoms with Gasteiger partial charge in [0, 0.05) is 25.0 Å². The summed E-state index contributed by atoms with van der Waals surface area (Å²) in [5.74, 6) is 0.437. The molecular formula is C19H26N4O3S. The van der Waals surface area contributed by atoms with Crippen LogP contribution in [0.4, 0.5) is 4.79 Å². The van der Waals surface area contributed by atoms with Crippen LogP contribution in [0.5, 0.6) is 5.88 Å². The van der Waals surface area contributed by atoms with Gasteiger partial charge in [0.25, 0.3) is 0 Å². The van der Waals surface area contributed by atoms with E-state index in [0.29, 0.717) is 28.8 Å². The highest BCUT2D eigenvalue weighted by Crippen LogP contribution is 2.33. The molecule has 0 saturated carbocycles. The molecule has 27 heavy (non-hydrogen) atoms. The zero-order valence-corrected chi connectivity index (χ0v) is 17.0. The highest BCUT2D eigenvalue weighted by Gasteiger charge is 2.30. The second kappa shape index (κ2) is 7.72. The quantitative estimate of drug-likeness (QED) is 0.796. The number of urea groups is 1. The molecule has 1 aliphatic rings. The lowest BCUT2D eigenvalue weighted by molar-refractivity contribution is 0.175. The van der Waals surface area contributed by atoms with Crippen molar-refractivity contribution < 1.29 is 13.7 Å². The first-order valence-corrected chi connectivity index (χ1v) is 10.7. The third kappa shape index (κ3) is 3.71. The standard InChI is InChI=1S/C19H26N4O3S/c1-14(2)23(15(3)4)19(24)21-27(25,16-9-6-5-7-10-16)17-13-20-22-11-8-12-26-18(17)22/h5-7,9-10,13-15H,8,11-12H2,1-4H3/t27-/m1/s1. The van der Waals surface area contributed by atoms with Crippen molar-refractivity contribution >= 4 is 15.8 Å². The van der Waals surface area contributed by atoms with Crippen molar-refractivity contribution in [3.05, 3.63) is 36.5 Å². The third-order valence-electron chi connectivity index (χ3n) is 4.41. The average Bonchev–Trinajstić information content (AvgIpc) is 3.06. The van der Waals surface area contributed by atoms with Gasteiger partial charge in [-0.15, -0.1) is 4.36 Å². The molecule has 0 bridgehead atoms. The van der Waals surface area contributed by atoms with Gasteiger partial charge in [0.05, 0.1) is 17.7 Å². The first-order valence-electron chi connectivity index (χ1n) is 9.17. The number of hydrogen-bond acceptors (Lipinski definition) is 4. The highest BCUT2D eigenvalue weighted by atomic mass is 32.2. The fourth-order valence-electron chi connectivity index (χ4n) is 3.26. The van der Waals surface area contributed by atoms with Crippen LogP contribution in [-0.2, 0) is 16.3 Å². The number of aryl methyl sites for hydroxylation is 1. The van der Waals surface area contributed by atoms with Gasteiger partial charge in [0.15, 0.2) is 0 Å². The van der Waals surface area contributed by atoms with Crippen LogP contribution in [-0.4, -0.2) is 43.6 Å². The Balaban J connectivity index is 2.20. The van der Waals surface area contributed by atoms with Crippen molar-refractivity contribution in [3.8, 4) is 5.88 Å². The van der Waals surface area contributed by atoms with E-state index in [9.17, 15) is 9.00 Å². The first-order chi connectivity index (χ1) is 12.8. The van der Waals surface area contributed by atoms with E-state index in [2.05, 4.69) is 9.46 Å². The maximum Gasteiger partial charge on any atom is 0.352 e. The van der Waals surface area contributed by atoms with Gasteiger partial charge in [0.2, 0.25) is 5.88 Å². The minimum Gasteiger partial charge on any atom is -0.477 e. The molecule has 2 aromatic rings. The van der Waals surface area contributed by atoms with Crippen molar-refractivity contribution in [1.29, 1.82) is 0 Å². The van der Waals surface area contributed by atoms with Crippen molar-refractivity contribution in [1.82, 2.24) is 14.7 Å². The third-order valence-corrected chi connectivity index (χ3v) is 6.61. The van der Waals surface area contributed by atoms with Crippen molar-refractivity contribution in [2.45, 2.75) is 62.5 Å². The van der Waals surface area contributed by atoms with E-state index in [1.165, 1.54) is 6.20 Å². The van der Waals surface area contributed by atoms with Crippen LogP contribution in [0.25, 0.3) is 0 Å². The molecule has 1 aliphatic heterocycles. The Morgan fingerprint density at radius 2 is 1.89 bits per heavy atom. The van der Waals surface area contributed by atoms with Crippen LogP contribution in [0, 0.1) is 0 Å². The number of hydrogen-bond donors (Lipinski definition) is 0. The molecule has 0 saturated heterocycles. The summed E-state index contributed by atoms with van der Waals surface area (Å²) in [4.78, 5) is 15.4. The van der Waals surface area contributed by atoms with E-state index in [4.69, 9.17) is 4.74 Å². The fraction of sp³-hybridized carbons (Fsp3) is 0.474. The molecule has 1 atom stereocenters. The van der Waals surface area contributed by atoms with Crippen molar-refractivity contribution in [2.75, 3.05) is 6.61 Å². The van der Waals surface area contributed by atoms with Gasteiger partial charge in [-0.3, -0.25) is 0 Å². The van der Waals surface area contributed by atoms with E-state index in [1.54, 1.807) is 33.8 Å². The number of ether oxygens (including phenoxy) is 1. The van der Waals surface area contributed by atoms with Gasteiger partial charge in [-0.05, 0) is 39.8 Å². The molecule has 8 heteroatoms. The lowest BCUT2D eigenvalue weighted by atomic mass is 10.2. The molecule has 7 nitrogen and oxygen atoms in total. The van der Waals surface area contributed by atoms with E-state index in [1.807, 2.05) is 33.8 Å². The summed E-state index contributed by atoms with van der Waals surface area (Å²) in [6.45, 7) is 8.90. The predicted octanol–water partition coefficient (Wildman–Crippen LogP) is 3.79. The Kier molecular flexibility index (Phi) is 5.55. The van der Waals surface area contributed by atoms with E-state index >= 15 is 0 Å². The largest absolute Gasteiger partial charge is 0.477 e. The Morgan fingerprint density at radius 1 is 1.22 bits per heavy atom. The summed E-state index contributed by atoms with van der Waals surface area (Å²) in [6, 6.07) is 8.25. The smallest absolute Gasteiger partial charge is 0.352 e. The number of carbonyl (C=O) groups is 1. The molecule has 0 fully saturated rings. The van der Waals surface area contributed by atoms with Crippen LogP contribution in [0.1, 0.15) is 34.1 Å². The van der Waals surface area contributed by atoms with Gasteiger partial charge in [-0.1, -0.05) is 18.2 Å². The maximum absolute atomic E-state index is 14.1. The zero-order chi connectivity index (χ0) is 19.6. The Bertz CT molecular complexity index is 920. The van der Waals surface area contributed by atoms with E-state index in [0.717, 1.165) is 6.42 Å². The SMILES string of the molecule is CC(C)N(C(=O)N=[S@@](=O)(c1ccccc1)c1cnn2c1OCCC2)C(C)C. The predicted molar refractivity (Wildman–Crippen MR) is 103 cm³/mol. The number of nitrogens with zero attached hydrogens (tertiary/aromatic N) is 4. The van der Waals surface area contributed by atoms with Crippen LogP contribution >= 0.6 is 0 Å². The minimum atomic E-state index is -3.23. The Morgan fingerprint density at radius 3 is 2.52 bits per heavy atom. The van der Waals surface area contributed by atoms with Gasteiger partial charge < -0.3 is 9.64 Å². The molecule has 3 rings (SSSR count). The number of amides is 2. The van der Waals surface area contributed by atoms with Crippen molar-refractivity contribution in [3.63, 3.8) is 0 Å². The Labute approximate surface area is 160 Å². The maximum atomic E-state index is 14.1. The summed E-state index contributed by atoms with van der Waals surface area (Å²) < 4.78 is 25.8. The molecular weight excluding hydrogens is 364 g/mol. The summed E-state index contributed by atoms with van der Waals surface area (Å²) in [7, 11) is -3.23. The van der Waals surface area contributed by atoms with Gasteiger partial charge in [0.1, 0.15) is 14.6 Å². The van der Waals surface area contributed by atoms with E-state index in [-0.39, 0.29) is 12.1 Å². The van der Waals surface area contributed by atoms with Crippen LogP contribution < -0.4 is 4.74 Å². The van der Waals surface area contributed by atoms with Gasteiger partial charge in [-0.25, -0.2) is 13.7 Å². The number of fused-ring (bicyclic) bond motifs is 1. The molecule has 0 radical (unpaired) electrons. The number of benzene rings is 1. The second-order valence-corrected chi connectivity index (χ2v) is 9.19. The fourth-order valence-corrected chi connectivity index (χ4v) is 5.15. The number of rotatable bonds is 4. The van der Waals surface area contributed by atoms with Crippen LogP contribution in [0.3, 0.4) is 0 Å². The van der Waals surface area contributed by atoms with Gasteiger partial charge >= 0.3 is 6.03 Å². The lowest BCUT2D eigenvalue weighted by Crippen LogP contribution is -2.40. The molecule has 0 aliphatic carbocycles. The number of carbonyl (C=O) groups excluding carboxylic acids is 1.